The van der Waals surface area contributed by atoms with Crippen molar-refractivity contribution in [2.75, 3.05) is 12.5 Å². The molecule has 1 aromatic carbocycles. The first kappa shape index (κ1) is 15.0. The van der Waals surface area contributed by atoms with Gasteiger partial charge in [-0.1, -0.05) is 19.1 Å². The Kier molecular flexibility index (Phi) is 6.81. The van der Waals surface area contributed by atoms with E-state index in [4.69, 9.17) is 16.3 Å². The Morgan fingerprint density at radius 1 is 1.28 bits per heavy atom. The second kappa shape index (κ2) is 8.15. The van der Waals surface area contributed by atoms with Gasteiger partial charge in [0, 0.05) is 12.3 Å². The summed E-state index contributed by atoms with van der Waals surface area (Å²) in [4.78, 5) is 11.0. The molecule has 18 heavy (non-hydrogen) atoms. The van der Waals surface area contributed by atoms with Gasteiger partial charge in [0.15, 0.2) is 0 Å². The molecule has 2 nitrogen and oxygen atoms in total. The maximum Gasteiger partial charge on any atom is 0.134 e. The number of Topliss-reactive ketones (excluding diaryl/α,β-unsaturated/α-hetero) is 1. The van der Waals surface area contributed by atoms with Gasteiger partial charge in [-0.2, -0.15) is 0 Å². The number of hydrogen-bond donors (Lipinski definition) is 0. The zero-order chi connectivity index (χ0) is 13.4. The molecule has 0 fully saturated rings. The summed E-state index contributed by atoms with van der Waals surface area (Å²) in [5, 5.41) is 0. The fourth-order valence-electron chi connectivity index (χ4n) is 1.70. The van der Waals surface area contributed by atoms with Crippen LogP contribution in [-0.4, -0.2) is 18.3 Å². The smallest absolute Gasteiger partial charge is 0.134 e. The molecule has 1 aromatic rings. The molecular weight excluding hydrogens is 248 g/mol. The predicted octanol–water partition coefficient (Wildman–Crippen LogP) is 3.85. The van der Waals surface area contributed by atoms with Crippen molar-refractivity contribution in [3.63, 3.8) is 0 Å². The van der Waals surface area contributed by atoms with Crippen LogP contribution in [0.4, 0.5) is 0 Å². The lowest BCUT2D eigenvalue weighted by atomic mass is 10.1. The van der Waals surface area contributed by atoms with Gasteiger partial charge in [0.25, 0.3) is 0 Å². The first-order valence-electron chi connectivity index (χ1n) is 6.39. The van der Waals surface area contributed by atoms with Gasteiger partial charge in [-0.3, -0.25) is 4.79 Å². The molecule has 0 spiro atoms. The maximum absolute atomic E-state index is 11.0. The fourth-order valence-corrected chi connectivity index (χ4v) is 2.07. The number of benzene rings is 1. The van der Waals surface area contributed by atoms with Crippen LogP contribution >= 0.6 is 11.6 Å². The fraction of sp³-hybridized carbons (Fsp3) is 0.533. The summed E-state index contributed by atoms with van der Waals surface area (Å²) >= 11 is 5.68. The van der Waals surface area contributed by atoms with Crippen molar-refractivity contribution in [3.8, 4) is 5.75 Å². The molecular formula is C15H21ClO2. The second-order valence-electron chi connectivity index (χ2n) is 4.74. The molecule has 1 unspecified atom stereocenters. The van der Waals surface area contributed by atoms with Gasteiger partial charge in [-0.25, -0.2) is 0 Å². The van der Waals surface area contributed by atoms with Crippen LogP contribution in [0, 0.1) is 5.92 Å². The SMILES string of the molecule is CC(=O)Cc1ccc(OCCC(C)CCCl)cc1. The maximum atomic E-state index is 11.0. The van der Waals surface area contributed by atoms with Crippen molar-refractivity contribution >= 4 is 17.4 Å². The number of hydrogen-bond acceptors (Lipinski definition) is 2. The van der Waals surface area contributed by atoms with E-state index in [9.17, 15) is 4.79 Å². The summed E-state index contributed by atoms with van der Waals surface area (Å²) in [6, 6.07) is 7.73. The number of ketones is 1. The minimum absolute atomic E-state index is 0.179. The van der Waals surface area contributed by atoms with Crippen LogP contribution in [0.5, 0.6) is 5.75 Å². The Bertz CT molecular complexity index is 359. The van der Waals surface area contributed by atoms with Crippen LogP contribution in [0.15, 0.2) is 24.3 Å². The number of ether oxygens (including phenoxy) is 1. The van der Waals surface area contributed by atoms with Crippen molar-refractivity contribution < 1.29 is 9.53 Å². The summed E-state index contributed by atoms with van der Waals surface area (Å²) in [5.41, 5.74) is 1.03. The molecule has 0 heterocycles. The van der Waals surface area contributed by atoms with E-state index in [0.29, 0.717) is 24.8 Å². The first-order chi connectivity index (χ1) is 8.61. The van der Waals surface area contributed by atoms with E-state index in [2.05, 4.69) is 6.92 Å². The molecule has 0 aliphatic heterocycles. The third-order valence-electron chi connectivity index (χ3n) is 2.86. The molecule has 0 N–H and O–H groups in total. The number of halogens is 1. The number of carbonyl (C=O) groups excluding carboxylic acids is 1. The molecule has 100 valence electrons. The van der Waals surface area contributed by atoms with Crippen LogP contribution in [0.2, 0.25) is 0 Å². The van der Waals surface area contributed by atoms with Gasteiger partial charge in [0.2, 0.25) is 0 Å². The number of rotatable bonds is 8. The van der Waals surface area contributed by atoms with Crippen LogP contribution in [0.25, 0.3) is 0 Å². The van der Waals surface area contributed by atoms with Crippen LogP contribution in [-0.2, 0) is 11.2 Å². The van der Waals surface area contributed by atoms with Crippen molar-refractivity contribution in [1.29, 1.82) is 0 Å². The quantitative estimate of drug-likeness (QED) is 0.670. The summed E-state index contributed by atoms with van der Waals surface area (Å²) < 4.78 is 5.65. The van der Waals surface area contributed by atoms with Crippen molar-refractivity contribution in [1.82, 2.24) is 0 Å². The average molecular weight is 269 g/mol. The van der Waals surface area contributed by atoms with Crippen LogP contribution < -0.4 is 4.74 Å². The van der Waals surface area contributed by atoms with Gasteiger partial charge >= 0.3 is 0 Å². The van der Waals surface area contributed by atoms with E-state index >= 15 is 0 Å². The Hall–Kier alpha value is -1.02. The molecule has 0 saturated heterocycles. The van der Waals surface area contributed by atoms with Crippen molar-refractivity contribution in [2.45, 2.75) is 33.1 Å². The monoisotopic (exact) mass is 268 g/mol. The topological polar surface area (TPSA) is 26.3 Å². The molecule has 3 heteroatoms. The molecule has 0 bridgehead atoms. The van der Waals surface area contributed by atoms with Crippen LogP contribution in [0.3, 0.4) is 0 Å². The Labute approximate surface area is 114 Å². The van der Waals surface area contributed by atoms with E-state index in [1.54, 1.807) is 6.92 Å². The third-order valence-corrected chi connectivity index (χ3v) is 3.08. The molecule has 0 aliphatic carbocycles. The molecule has 0 saturated carbocycles. The highest BCUT2D eigenvalue weighted by Crippen LogP contribution is 2.15. The summed E-state index contributed by atoms with van der Waals surface area (Å²) in [5.74, 6) is 2.35. The Morgan fingerprint density at radius 2 is 1.94 bits per heavy atom. The van der Waals surface area contributed by atoms with E-state index in [1.807, 2.05) is 24.3 Å². The van der Waals surface area contributed by atoms with Gasteiger partial charge in [0.05, 0.1) is 6.61 Å². The molecule has 1 atom stereocenters. The largest absolute Gasteiger partial charge is 0.494 e. The lowest BCUT2D eigenvalue weighted by Gasteiger charge is -2.11. The Morgan fingerprint density at radius 3 is 2.50 bits per heavy atom. The van der Waals surface area contributed by atoms with Gasteiger partial charge in [-0.15, -0.1) is 11.6 Å². The highest BCUT2D eigenvalue weighted by molar-refractivity contribution is 6.17. The third kappa shape index (κ3) is 6.06. The standard InChI is InChI=1S/C15H21ClO2/c1-12(7-9-16)8-10-18-15-5-3-14(4-6-15)11-13(2)17/h3-6,12H,7-11H2,1-2H3. The normalized spacial score (nSPS) is 12.2. The minimum Gasteiger partial charge on any atom is -0.494 e. The van der Waals surface area contributed by atoms with Crippen LogP contribution in [0.1, 0.15) is 32.3 Å². The number of alkyl halides is 1. The molecule has 0 amide bonds. The Balaban J connectivity index is 2.32. The van der Waals surface area contributed by atoms with E-state index in [1.165, 1.54) is 0 Å². The molecule has 1 rings (SSSR count). The van der Waals surface area contributed by atoms with E-state index in [-0.39, 0.29) is 5.78 Å². The summed E-state index contributed by atoms with van der Waals surface area (Å²) in [6.07, 6.45) is 2.54. The second-order valence-corrected chi connectivity index (χ2v) is 5.12. The highest BCUT2D eigenvalue weighted by atomic mass is 35.5. The molecule has 0 aromatic heterocycles. The number of carbonyl (C=O) groups is 1. The highest BCUT2D eigenvalue weighted by Gasteiger charge is 2.02. The van der Waals surface area contributed by atoms with E-state index < -0.39 is 0 Å². The minimum atomic E-state index is 0.179. The van der Waals surface area contributed by atoms with Gasteiger partial charge < -0.3 is 4.74 Å². The lowest BCUT2D eigenvalue weighted by molar-refractivity contribution is -0.116. The molecule has 0 radical (unpaired) electrons. The lowest BCUT2D eigenvalue weighted by Crippen LogP contribution is -2.05. The summed E-state index contributed by atoms with van der Waals surface area (Å²) in [7, 11) is 0. The molecule has 0 aliphatic rings. The zero-order valence-electron chi connectivity index (χ0n) is 11.1. The van der Waals surface area contributed by atoms with Crippen molar-refractivity contribution in [2.24, 2.45) is 5.92 Å². The van der Waals surface area contributed by atoms with Gasteiger partial charge in [0.1, 0.15) is 11.5 Å². The van der Waals surface area contributed by atoms with E-state index in [0.717, 1.165) is 24.2 Å². The van der Waals surface area contributed by atoms with Crippen molar-refractivity contribution in [3.05, 3.63) is 29.8 Å². The van der Waals surface area contributed by atoms with Gasteiger partial charge in [-0.05, 0) is 43.4 Å². The average Bonchev–Trinajstić information content (AvgIpc) is 2.31. The summed E-state index contributed by atoms with van der Waals surface area (Å²) in [6.45, 7) is 4.49. The predicted molar refractivity (Wildman–Crippen MR) is 75.4 cm³/mol. The zero-order valence-corrected chi connectivity index (χ0v) is 11.9. The first-order valence-corrected chi connectivity index (χ1v) is 6.92.